The maximum absolute atomic E-state index is 3.50. The summed E-state index contributed by atoms with van der Waals surface area (Å²) in [4.78, 5) is 3.50. The van der Waals surface area contributed by atoms with Gasteiger partial charge in [-0.05, 0) is 36.5 Å². The highest BCUT2D eigenvalue weighted by Gasteiger charge is 2.26. The van der Waals surface area contributed by atoms with Crippen molar-refractivity contribution in [2.45, 2.75) is 18.8 Å². The topological polar surface area (TPSA) is 15.8 Å². The third kappa shape index (κ3) is 1.06. The molecule has 0 radical (unpaired) electrons. The molecule has 78 valence electrons. The maximum atomic E-state index is 3.50. The molecule has 1 heterocycles. The van der Waals surface area contributed by atoms with Crippen LogP contribution in [0.3, 0.4) is 0 Å². The molecule has 0 amide bonds. The lowest BCUT2D eigenvalue weighted by Gasteiger charge is -2.00. The van der Waals surface area contributed by atoms with E-state index >= 15 is 0 Å². The van der Waals surface area contributed by atoms with Crippen LogP contribution in [0.15, 0.2) is 42.5 Å². The number of para-hydroxylation sites is 1. The third-order valence-electron chi connectivity index (χ3n) is 3.58. The zero-order valence-electron chi connectivity index (χ0n) is 9.03. The molecule has 4 rings (SSSR count). The van der Waals surface area contributed by atoms with E-state index in [0.717, 1.165) is 5.92 Å². The second-order valence-corrected chi connectivity index (χ2v) is 4.71. The maximum Gasteiger partial charge on any atom is 0.0467 e. The number of fused-ring (bicyclic) bond motifs is 3. The van der Waals surface area contributed by atoms with Crippen molar-refractivity contribution < 1.29 is 0 Å². The van der Waals surface area contributed by atoms with Crippen LogP contribution in [0, 0.1) is 0 Å². The summed E-state index contributed by atoms with van der Waals surface area (Å²) in [6.45, 7) is 0. The molecule has 1 aliphatic rings. The lowest BCUT2D eigenvalue weighted by atomic mass is 10.0. The van der Waals surface area contributed by atoms with Gasteiger partial charge < -0.3 is 4.98 Å². The molecule has 2 aromatic carbocycles. The number of rotatable bonds is 1. The number of H-pyrrole nitrogens is 1. The standard InChI is InChI=1S/C15H13N/c1-2-6-13-12(4-1)15-11(10-8-9-10)5-3-7-14(15)16-13/h1-7,10,16H,8-9H2. The Morgan fingerprint density at radius 1 is 0.875 bits per heavy atom. The summed E-state index contributed by atoms with van der Waals surface area (Å²) < 4.78 is 0. The van der Waals surface area contributed by atoms with Gasteiger partial charge in [-0.2, -0.15) is 0 Å². The van der Waals surface area contributed by atoms with Crippen LogP contribution < -0.4 is 0 Å². The van der Waals surface area contributed by atoms with Gasteiger partial charge in [-0.25, -0.2) is 0 Å². The summed E-state index contributed by atoms with van der Waals surface area (Å²) in [5.74, 6) is 0.808. The van der Waals surface area contributed by atoms with Crippen molar-refractivity contribution in [3.8, 4) is 0 Å². The molecule has 0 aliphatic heterocycles. The van der Waals surface area contributed by atoms with Gasteiger partial charge in [-0.3, -0.25) is 0 Å². The van der Waals surface area contributed by atoms with E-state index in [1.807, 2.05) is 0 Å². The molecule has 1 aliphatic carbocycles. The average molecular weight is 207 g/mol. The summed E-state index contributed by atoms with van der Waals surface area (Å²) >= 11 is 0. The van der Waals surface area contributed by atoms with E-state index in [2.05, 4.69) is 47.4 Å². The van der Waals surface area contributed by atoms with Gasteiger partial charge in [0, 0.05) is 21.8 Å². The summed E-state index contributed by atoms with van der Waals surface area (Å²) in [6.07, 6.45) is 2.72. The average Bonchev–Trinajstić information content (AvgIpc) is 3.09. The van der Waals surface area contributed by atoms with Gasteiger partial charge in [0.2, 0.25) is 0 Å². The van der Waals surface area contributed by atoms with Crippen LogP contribution in [0.4, 0.5) is 0 Å². The van der Waals surface area contributed by atoms with E-state index in [1.54, 1.807) is 0 Å². The predicted octanol–water partition coefficient (Wildman–Crippen LogP) is 4.20. The van der Waals surface area contributed by atoms with Crippen molar-refractivity contribution in [2.75, 3.05) is 0 Å². The zero-order chi connectivity index (χ0) is 10.5. The Morgan fingerprint density at radius 3 is 2.56 bits per heavy atom. The van der Waals surface area contributed by atoms with Crippen LogP contribution in [0.2, 0.25) is 0 Å². The molecule has 1 N–H and O–H groups in total. The number of hydrogen-bond donors (Lipinski definition) is 1. The molecular weight excluding hydrogens is 194 g/mol. The summed E-state index contributed by atoms with van der Waals surface area (Å²) in [5, 5.41) is 2.82. The first kappa shape index (κ1) is 8.40. The lowest BCUT2D eigenvalue weighted by Crippen LogP contribution is -1.80. The van der Waals surface area contributed by atoms with Crippen LogP contribution in [0.5, 0.6) is 0 Å². The molecule has 16 heavy (non-hydrogen) atoms. The van der Waals surface area contributed by atoms with E-state index in [1.165, 1.54) is 40.2 Å². The molecule has 1 saturated carbocycles. The Bertz CT molecular complexity index is 674. The first-order valence-corrected chi connectivity index (χ1v) is 5.93. The molecule has 0 saturated heterocycles. The van der Waals surface area contributed by atoms with Crippen molar-refractivity contribution in [2.24, 2.45) is 0 Å². The quantitative estimate of drug-likeness (QED) is 0.615. The molecule has 1 nitrogen and oxygen atoms in total. The SMILES string of the molecule is c1ccc2c(c1)[nH]c1cccc(C3CC3)c12. The molecule has 0 unspecified atom stereocenters. The monoisotopic (exact) mass is 207 g/mol. The predicted molar refractivity (Wildman–Crippen MR) is 67.8 cm³/mol. The number of benzene rings is 2. The molecule has 1 aromatic heterocycles. The van der Waals surface area contributed by atoms with Crippen LogP contribution in [0.25, 0.3) is 21.8 Å². The number of aromatic nitrogens is 1. The summed E-state index contributed by atoms with van der Waals surface area (Å²) in [7, 11) is 0. The smallest absolute Gasteiger partial charge is 0.0467 e. The van der Waals surface area contributed by atoms with Crippen molar-refractivity contribution in [1.29, 1.82) is 0 Å². The van der Waals surface area contributed by atoms with Crippen LogP contribution in [0.1, 0.15) is 24.3 Å². The summed E-state index contributed by atoms with van der Waals surface area (Å²) in [6, 6.07) is 15.2. The fourth-order valence-corrected chi connectivity index (χ4v) is 2.66. The Kier molecular flexibility index (Phi) is 1.51. The van der Waals surface area contributed by atoms with Crippen LogP contribution in [-0.4, -0.2) is 4.98 Å². The van der Waals surface area contributed by atoms with Crippen LogP contribution in [-0.2, 0) is 0 Å². The molecule has 0 bridgehead atoms. The fourth-order valence-electron chi connectivity index (χ4n) is 2.66. The Hall–Kier alpha value is -1.76. The minimum atomic E-state index is 0.808. The zero-order valence-corrected chi connectivity index (χ0v) is 9.03. The number of hydrogen-bond acceptors (Lipinski definition) is 0. The van der Waals surface area contributed by atoms with Gasteiger partial charge >= 0.3 is 0 Å². The van der Waals surface area contributed by atoms with Gasteiger partial charge in [-0.1, -0.05) is 30.3 Å². The van der Waals surface area contributed by atoms with Gasteiger partial charge in [0.25, 0.3) is 0 Å². The first-order chi connectivity index (χ1) is 7.93. The highest BCUT2D eigenvalue weighted by Crippen LogP contribution is 2.44. The second-order valence-electron chi connectivity index (χ2n) is 4.71. The minimum Gasteiger partial charge on any atom is -0.355 e. The fraction of sp³-hybridized carbons (Fsp3) is 0.200. The van der Waals surface area contributed by atoms with Gasteiger partial charge in [0.05, 0.1) is 0 Å². The molecule has 3 aromatic rings. The molecule has 1 heteroatoms. The number of aromatic amines is 1. The second kappa shape index (κ2) is 2.88. The largest absolute Gasteiger partial charge is 0.355 e. The first-order valence-electron chi connectivity index (χ1n) is 5.93. The Morgan fingerprint density at radius 2 is 1.69 bits per heavy atom. The van der Waals surface area contributed by atoms with E-state index in [4.69, 9.17) is 0 Å². The highest BCUT2D eigenvalue weighted by atomic mass is 14.7. The van der Waals surface area contributed by atoms with E-state index in [-0.39, 0.29) is 0 Å². The molecular formula is C15H13N. The highest BCUT2D eigenvalue weighted by molar-refractivity contribution is 6.09. The van der Waals surface area contributed by atoms with E-state index in [0.29, 0.717) is 0 Å². The summed E-state index contributed by atoms with van der Waals surface area (Å²) in [5.41, 5.74) is 4.08. The minimum absolute atomic E-state index is 0.808. The van der Waals surface area contributed by atoms with Crippen molar-refractivity contribution in [3.05, 3.63) is 48.0 Å². The van der Waals surface area contributed by atoms with Gasteiger partial charge in [0.1, 0.15) is 0 Å². The lowest BCUT2D eigenvalue weighted by molar-refractivity contribution is 1.15. The van der Waals surface area contributed by atoms with Crippen molar-refractivity contribution in [3.63, 3.8) is 0 Å². The van der Waals surface area contributed by atoms with Crippen LogP contribution >= 0.6 is 0 Å². The van der Waals surface area contributed by atoms with E-state index < -0.39 is 0 Å². The normalized spacial score (nSPS) is 16.0. The van der Waals surface area contributed by atoms with Crippen molar-refractivity contribution in [1.82, 2.24) is 4.98 Å². The van der Waals surface area contributed by atoms with Gasteiger partial charge in [-0.15, -0.1) is 0 Å². The van der Waals surface area contributed by atoms with Crippen molar-refractivity contribution >= 4 is 21.8 Å². The third-order valence-corrected chi connectivity index (χ3v) is 3.58. The Balaban J connectivity index is 2.21. The van der Waals surface area contributed by atoms with E-state index in [9.17, 15) is 0 Å². The van der Waals surface area contributed by atoms with Gasteiger partial charge in [0.15, 0.2) is 0 Å². The molecule has 0 spiro atoms. The molecule has 0 atom stereocenters. The molecule has 1 fully saturated rings. The Labute approximate surface area is 94.1 Å². The number of nitrogens with one attached hydrogen (secondary N) is 1.